The third kappa shape index (κ3) is 7.32. The smallest absolute Gasteiger partial charge is 0.260 e. The molecule has 1 aliphatic rings. The second-order valence-corrected chi connectivity index (χ2v) is 9.73. The van der Waals surface area contributed by atoms with Crippen molar-refractivity contribution < 1.29 is 23.5 Å². The van der Waals surface area contributed by atoms with Crippen LogP contribution in [0.15, 0.2) is 67.0 Å². The van der Waals surface area contributed by atoms with Gasteiger partial charge in [-0.25, -0.2) is 4.39 Å². The van der Waals surface area contributed by atoms with Crippen LogP contribution in [0.3, 0.4) is 0 Å². The first-order valence-corrected chi connectivity index (χ1v) is 13.1. The number of hydrogen-bond donors (Lipinski definition) is 0. The third-order valence-corrected chi connectivity index (χ3v) is 6.84. The van der Waals surface area contributed by atoms with Crippen LogP contribution in [0, 0.1) is 5.82 Å². The minimum atomic E-state index is -0.427. The number of anilines is 1. The summed E-state index contributed by atoms with van der Waals surface area (Å²) < 4.78 is 25.5. The fourth-order valence-corrected chi connectivity index (χ4v) is 4.66. The number of methoxy groups -OCH3 is 1. The van der Waals surface area contributed by atoms with E-state index in [0.29, 0.717) is 47.9 Å². The second kappa shape index (κ2) is 13.2. The fourth-order valence-electron chi connectivity index (χ4n) is 4.66. The molecule has 0 bridgehead atoms. The molecule has 0 saturated heterocycles. The maximum atomic E-state index is 14.5. The summed E-state index contributed by atoms with van der Waals surface area (Å²) >= 11 is 0. The lowest BCUT2D eigenvalue weighted by Crippen LogP contribution is -2.42. The summed E-state index contributed by atoms with van der Waals surface area (Å²) in [4.78, 5) is 36.7. The number of carbonyl (C=O) groups excluding carboxylic acids is 2. The van der Waals surface area contributed by atoms with Gasteiger partial charge in [-0.1, -0.05) is 6.07 Å². The molecule has 0 saturated carbocycles. The molecule has 4 rings (SSSR count). The minimum absolute atomic E-state index is 0.138. The normalized spacial score (nSPS) is 14.9. The summed E-state index contributed by atoms with van der Waals surface area (Å²) in [6.07, 6.45) is 3.88. The van der Waals surface area contributed by atoms with Crippen LogP contribution in [-0.2, 0) is 11.3 Å². The molecule has 0 aliphatic carbocycles. The van der Waals surface area contributed by atoms with E-state index in [9.17, 15) is 14.0 Å². The monoisotopic (exact) mass is 534 g/mol. The Balaban J connectivity index is 1.65. The Labute approximate surface area is 228 Å². The van der Waals surface area contributed by atoms with Crippen LogP contribution < -0.4 is 14.4 Å². The Hall–Kier alpha value is -3.98. The quantitative estimate of drug-likeness (QED) is 0.467. The zero-order valence-corrected chi connectivity index (χ0v) is 22.7. The summed E-state index contributed by atoms with van der Waals surface area (Å²) in [6, 6.07) is 15.0. The van der Waals surface area contributed by atoms with Gasteiger partial charge in [0.1, 0.15) is 17.3 Å². The molecule has 1 aromatic heterocycles. The zero-order valence-electron chi connectivity index (χ0n) is 22.7. The van der Waals surface area contributed by atoms with Crippen molar-refractivity contribution in [3.05, 3.63) is 83.9 Å². The maximum Gasteiger partial charge on any atom is 0.260 e. The number of aromatic nitrogens is 1. The van der Waals surface area contributed by atoms with Crippen molar-refractivity contribution in [1.82, 2.24) is 14.8 Å². The van der Waals surface area contributed by atoms with Crippen LogP contribution >= 0.6 is 0 Å². The number of amides is 2. The third-order valence-electron chi connectivity index (χ3n) is 6.84. The van der Waals surface area contributed by atoms with Gasteiger partial charge in [-0.15, -0.1) is 0 Å². The molecule has 2 heterocycles. The summed E-state index contributed by atoms with van der Waals surface area (Å²) in [5, 5.41) is 0. The van der Waals surface area contributed by atoms with Crippen LogP contribution in [0.4, 0.5) is 10.1 Å². The molecule has 39 heavy (non-hydrogen) atoms. The second-order valence-electron chi connectivity index (χ2n) is 9.73. The molecule has 3 aromatic rings. The molecule has 206 valence electrons. The maximum absolute atomic E-state index is 14.5. The average Bonchev–Trinajstić information content (AvgIpc) is 2.98. The first-order valence-electron chi connectivity index (χ1n) is 13.1. The summed E-state index contributed by atoms with van der Waals surface area (Å²) in [6.45, 7) is 6.47. The van der Waals surface area contributed by atoms with Crippen molar-refractivity contribution in [3.63, 3.8) is 0 Å². The van der Waals surface area contributed by atoms with E-state index in [-0.39, 0.29) is 31.0 Å². The van der Waals surface area contributed by atoms with E-state index in [1.807, 2.05) is 0 Å². The molecule has 0 radical (unpaired) electrons. The van der Waals surface area contributed by atoms with Gasteiger partial charge in [-0.2, -0.15) is 0 Å². The van der Waals surface area contributed by atoms with E-state index >= 15 is 0 Å². The Morgan fingerprint density at radius 3 is 2.49 bits per heavy atom. The van der Waals surface area contributed by atoms with E-state index in [0.717, 1.165) is 13.0 Å². The number of pyridine rings is 1. The SMILES string of the molecule is COc1cccc(OCC(=O)N2CCN(C(C)C)CCCN(C(=O)c3ccncc3)c3ccc(F)cc3C2)c1. The molecule has 0 spiro atoms. The van der Waals surface area contributed by atoms with Gasteiger partial charge in [-0.3, -0.25) is 19.5 Å². The Bertz CT molecular complexity index is 1270. The highest BCUT2D eigenvalue weighted by molar-refractivity contribution is 6.06. The van der Waals surface area contributed by atoms with E-state index in [1.54, 1.807) is 71.8 Å². The molecule has 0 atom stereocenters. The first kappa shape index (κ1) is 28.0. The first-order chi connectivity index (χ1) is 18.9. The topological polar surface area (TPSA) is 75.2 Å². The van der Waals surface area contributed by atoms with Gasteiger partial charge in [-0.05, 0) is 68.3 Å². The van der Waals surface area contributed by atoms with E-state index in [2.05, 4.69) is 23.7 Å². The van der Waals surface area contributed by atoms with E-state index in [1.165, 1.54) is 12.1 Å². The summed E-state index contributed by atoms with van der Waals surface area (Å²) in [5.74, 6) is 0.294. The number of carbonyl (C=O) groups is 2. The predicted octanol–water partition coefficient (Wildman–Crippen LogP) is 4.40. The number of ether oxygens (including phenoxy) is 2. The van der Waals surface area contributed by atoms with Gasteiger partial charge in [0.05, 0.1) is 7.11 Å². The van der Waals surface area contributed by atoms with Crippen LogP contribution in [0.5, 0.6) is 11.5 Å². The van der Waals surface area contributed by atoms with Gasteiger partial charge in [0.15, 0.2) is 6.61 Å². The minimum Gasteiger partial charge on any atom is -0.497 e. The van der Waals surface area contributed by atoms with Crippen LogP contribution in [0.25, 0.3) is 0 Å². The molecule has 0 fully saturated rings. The number of rotatable bonds is 6. The lowest BCUT2D eigenvalue weighted by Gasteiger charge is -2.30. The molecule has 2 aromatic carbocycles. The number of hydrogen-bond acceptors (Lipinski definition) is 6. The summed E-state index contributed by atoms with van der Waals surface area (Å²) in [7, 11) is 1.57. The highest BCUT2D eigenvalue weighted by Gasteiger charge is 2.25. The Morgan fingerprint density at radius 2 is 1.74 bits per heavy atom. The van der Waals surface area contributed by atoms with Crippen molar-refractivity contribution in [2.24, 2.45) is 0 Å². The van der Waals surface area contributed by atoms with Gasteiger partial charge in [0, 0.05) is 68.5 Å². The van der Waals surface area contributed by atoms with Crippen LogP contribution in [0.1, 0.15) is 36.2 Å². The molecule has 2 amide bonds. The Morgan fingerprint density at radius 1 is 0.974 bits per heavy atom. The molecular formula is C30H35FN4O4. The van der Waals surface area contributed by atoms with Gasteiger partial charge in [0.2, 0.25) is 0 Å². The number of benzene rings is 2. The van der Waals surface area contributed by atoms with Crippen molar-refractivity contribution in [1.29, 1.82) is 0 Å². The number of fused-ring (bicyclic) bond motifs is 1. The predicted molar refractivity (Wildman–Crippen MR) is 148 cm³/mol. The number of halogens is 1. The van der Waals surface area contributed by atoms with Gasteiger partial charge >= 0.3 is 0 Å². The van der Waals surface area contributed by atoms with E-state index in [4.69, 9.17) is 9.47 Å². The highest BCUT2D eigenvalue weighted by Crippen LogP contribution is 2.27. The largest absolute Gasteiger partial charge is 0.497 e. The lowest BCUT2D eigenvalue weighted by atomic mass is 10.1. The van der Waals surface area contributed by atoms with Crippen LogP contribution in [0.2, 0.25) is 0 Å². The number of nitrogens with zero attached hydrogens (tertiary/aromatic N) is 4. The van der Waals surface area contributed by atoms with Gasteiger partial charge < -0.3 is 19.3 Å². The molecule has 8 nitrogen and oxygen atoms in total. The van der Waals surface area contributed by atoms with E-state index < -0.39 is 5.82 Å². The molecule has 0 unspecified atom stereocenters. The van der Waals surface area contributed by atoms with Crippen molar-refractivity contribution >= 4 is 17.5 Å². The molecule has 0 N–H and O–H groups in total. The molecule has 9 heteroatoms. The lowest BCUT2D eigenvalue weighted by molar-refractivity contribution is -0.134. The zero-order chi connectivity index (χ0) is 27.8. The average molecular weight is 535 g/mol. The Kier molecular flexibility index (Phi) is 9.49. The molecule has 1 aliphatic heterocycles. The standard InChI is InChI=1S/C30H35FN4O4/c1-22(2)33-14-5-15-35(30(37)23-10-12-32-13-11-23)28-9-8-25(31)18-24(28)20-34(17-16-33)29(36)21-39-27-7-4-6-26(19-27)38-3/h4,6-13,18-19,22H,5,14-17,20-21H2,1-3H3. The van der Waals surface area contributed by atoms with Crippen molar-refractivity contribution in [2.75, 3.05) is 44.8 Å². The van der Waals surface area contributed by atoms with Crippen molar-refractivity contribution in [3.8, 4) is 11.5 Å². The van der Waals surface area contributed by atoms with Crippen LogP contribution in [-0.4, -0.2) is 72.5 Å². The van der Waals surface area contributed by atoms with Crippen molar-refractivity contribution in [2.45, 2.75) is 32.9 Å². The summed E-state index contributed by atoms with van der Waals surface area (Å²) in [5.41, 5.74) is 1.64. The van der Waals surface area contributed by atoms with Gasteiger partial charge in [0.25, 0.3) is 11.8 Å². The fraction of sp³-hybridized carbons (Fsp3) is 0.367. The molecular weight excluding hydrogens is 499 g/mol. The highest BCUT2D eigenvalue weighted by atomic mass is 19.1.